The second-order valence-corrected chi connectivity index (χ2v) is 7.80. The molecule has 34 heavy (non-hydrogen) atoms. The van der Waals surface area contributed by atoms with Gasteiger partial charge >= 0.3 is 0 Å². The van der Waals surface area contributed by atoms with Crippen LogP contribution >= 0.6 is 0 Å². The van der Waals surface area contributed by atoms with E-state index in [1.807, 2.05) is 19.1 Å². The summed E-state index contributed by atoms with van der Waals surface area (Å²) in [7, 11) is 4.50. The van der Waals surface area contributed by atoms with Crippen molar-refractivity contribution in [2.75, 3.05) is 41.1 Å². The quantitative estimate of drug-likeness (QED) is 0.230. The number of nitrogens with zero attached hydrogens (tertiary/aromatic N) is 1. The highest BCUT2D eigenvalue weighted by atomic mass is 16.5. The van der Waals surface area contributed by atoms with E-state index in [-0.39, 0.29) is 23.4 Å². The third kappa shape index (κ3) is 5.02. The molecule has 0 aromatic heterocycles. The van der Waals surface area contributed by atoms with Crippen LogP contribution in [0.2, 0.25) is 0 Å². The molecule has 2 aromatic carbocycles. The molecule has 0 spiro atoms. The van der Waals surface area contributed by atoms with E-state index in [2.05, 4.69) is 0 Å². The first kappa shape index (κ1) is 25.1. The number of Topliss-reactive ketones (excluding diaryl/α,β-unsaturated/α-hetero) is 1. The minimum atomic E-state index is -0.809. The van der Waals surface area contributed by atoms with Crippen molar-refractivity contribution in [1.82, 2.24) is 4.90 Å². The van der Waals surface area contributed by atoms with Crippen molar-refractivity contribution in [3.63, 3.8) is 0 Å². The lowest BCUT2D eigenvalue weighted by atomic mass is 9.94. The second kappa shape index (κ2) is 11.6. The lowest BCUT2D eigenvalue weighted by Gasteiger charge is -2.26. The molecule has 1 aliphatic heterocycles. The summed E-state index contributed by atoms with van der Waals surface area (Å²) in [5.74, 6) is -0.546. The standard InChI is InChI=1S/C26H31NO7/c1-5-14-34-18-10-6-9-17(16-18)23-22(25(29)26(30)27(23)13-8-15-31-2)24(28)21-19(32-3)11-7-12-20(21)33-4/h6-7,9-12,16,23,28H,5,8,13-15H2,1-4H3/b24-22+. The molecule has 1 N–H and O–H groups in total. The smallest absolute Gasteiger partial charge is 0.295 e. The summed E-state index contributed by atoms with van der Waals surface area (Å²) < 4.78 is 21.7. The van der Waals surface area contributed by atoms with Crippen LogP contribution in [-0.4, -0.2) is 62.8 Å². The van der Waals surface area contributed by atoms with Gasteiger partial charge in [0.05, 0.1) is 32.4 Å². The molecule has 182 valence electrons. The lowest BCUT2D eigenvalue weighted by Crippen LogP contribution is -2.31. The van der Waals surface area contributed by atoms with Gasteiger partial charge in [0.1, 0.15) is 28.6 Å². The molecule has 3 rings (SSSR count). The normalized spacial score (nSPS) is 17.2. The first-order valence-corrected chi connectivity index (χ1v) is 11.2. The Bertz CT molecular complexity index is 1040. The highest BCUT2D eigenvalue weighted by Gasteiger charge is 2.46. The van der Waals surface area contributed by atoms with Crippen LogP contribution in [0.1, 0.15) is 36.9 Å². The van der Waals surface area contributed by atoms with Gasteiger partial charge in [-0.25, -0.2) is 0 Å². The van der Waals surface area contributed by atoms with E-state index in [4.69, 9.17) is 18.9 Å². The largest absolute Gasteiger partial charge is 0.506 e. The van der Waals surface area contributed by atoms with E-state index in [1.54, 1.807) is 37.4 Å². The summed E-state index contributed by atoms with van der Waals surface area (Å²) in [4.78, 5) is 27.8. The number of rotatable bonds is 11. The molecule has 1 heterocycles. The van der Waals surface area contributed by atoms with Gasteiger partial charge in [-0.15, -0.1) is 0 Å². The maximum absolute atomic E-state index is 13.2. The molecule has 0 bridgehead atoms. The van der Waals surface area contributed by atoms with Crippen molar-refractivity contribution in [2.45, 2.75) is 25.8 Å². The third-order valence-electron chi connectivity index (χ3n) is 5.60. The van der Waals surface area contributed by atoms with Crippen molar-refractivity contribution in [2.24, 2.45) is 0 Å². The Labute approximate surface area is 199 Å². The fourth-order valence-corrected chi connectivity index (χ4v) is 4.05. The molecule has 1 unspecified atom stereocenters. The molecule has 1 saturated heterocycles. The van der Waals surface area contributed by atoms with Crippen LogP contribution in [0.4, 0.5) is 0 Å². The number of hydrogen-bond acceptors (Lipinski definition) is 7. The van der Waals surface area contributed by atoms with Gasteiger partial charge in [-0.2, -0.15) is 0 Å². The fourth-order valence-electron chi connectivity index (χ4n) is 4.05. The van der Waals surface area contributed by atoms with Crippen LogP contribution in [0.15, 0.2) is 48.0 Å². The van der Waals surface area contributed by atoms with E-state index in [1.165, 1.54) is 19.1 Å². The van der Waals surface area contributed by atoms with Crippen LogP contribution in [-0.2, 0) is 14.3 Å². The van der Waals surface area contributed by atoms with Crippen LogP contribution in [0.3, 0.4) is 0 Å². The summed E-state index contributed by atoms with van der Waals surface area (Å²) in [6.07, 6.45) is 1.37. The zero-order valence-electron chi connectivity index (χ0n) is 20.0. The van der Waals surface area contributed by atoms with Gasteiger partial charge in [0.2, 0.25) is 0 Å². The van der Waals surface area contributed by atoms with Gasteiger partial charge in [0.25, 0.3) is 11.7 Å². The van der Waals surface area contributed by atoms with Gasteiger partial charge in [0, 0.05) is 20.3 Å². The van der Waals surface area contributed by atoms with Crippen molar-refractivity contribution >= 4 is 17.4 Å². The van der Waals surface area contributed by atoms with E-state index < -0.39 is 17.7 Å². The third-order valence-corrected chi connectivity index (χ3v) is 5.60. The van der Waals surface area contributed by atoms with Crippen LogP contribution in [0.5, 0.6) is 17.2 Å². The van der Waals surface area contributed by atoms with Gasteiger partial charge < -0.3 is 29.0 Å². The van der Waals surface area contributed by atoms with Crippen molar-refractivity contribution in [3.8, 4) is 17.2 Å². The number of ether oxygens (including phenoxy) is 4. The number of likely N-dealkylation sites (tertiary alicyclic amines) is 1. The van der Waals surface area contributed by atoms with Crippen LogP contribution in [0.25, 0.3) is 5.76 Å². The molecular weight excluding hydrogens is 438 g/mol. The monoisotopic (exact) mass is 469 g/mol. The highest BCUT2D eigenvalue weighted by Crippen LogP contribution is 2.43. The van der Waals surface area contributed by atoms with Gasteiger partial charge in [-0.05, 0) is 42.7 Å². The molecule has 1 aliphatic rings. The van der Waals surface area contributed by atoms with Crippen molar-refractivity contribution in [1.29, 1.82) is 0 Å². The molecule has 8 heteroatoms. The number of aliphatic hydroxyl groups excluding tert-OH is 1. The number of methoxy groups -OCH3 is 3. The molecule has 0 aliphatic carbocycles. The SMILES string of the molecule is CCCOc1cccc(C2/C(=C(\O)c3c(OC)cccc3OC)C(=O)C(=O)N2CCCOC)c1. The minimum absolute atomic E-state index is 0.0298. The Morgan fingerprint density at radius 3 is 2.29 bits per heavy atom. The maximum atomic E-state index is 13.2. The maximum Gasteiger partial charge on any atom is 0.295 e. The average molecular weight is 470 g/mol. The predicted octanol–water partition coefficient (Wildman–Crippen LogP) is 3.95. The van der Waals surface area contributed by atoms with Crippen molar-refractivity contribution < 1.29 is 33.6 Å². The molecule has 0 saturated carbocycles. The number of carbonyl (C=O) groups excluding carboxylic acids is 2. The van der Waals surface area contributed by atoms with Crippen LogP contribution in [0, 0.1) is 0 Å². The topological polar surface area (TPSA) is 94.5 Å². The zero-order chi connectivity index (χ0) is 24.7. The highest BCUT2D eigenvalue weighted by molar-refractivity contribution is 6.46. The Morgan fingerprint density at radius 1 is 1.00 bits per heavy atom. The summed E-state index contributed by atoms with van der Waals surface area (Å²) in [6.45, 7) is 3.25. The van der Waals surface area contributed by atoms with E-state index in [9.17, 15) is 14.7 Å². The molecule has 1 amide bonds. The Morgan fingerprint density at radius 2 is 1.68 bits per heavy atom. The molecular formula is C26H31NO7. The molecule has 8 nitrogen and oxygen atoms in total. The summed E-state index contributed by atoms with van der Waals surface area (Å²) in [6, 6.07) is 11.4. The summed E-state index contributed by atoms with van der Waals surface area (Å²) in [5, 5.41) is 11.4. The lowest BCUT2D eigenvalue weighted by molar-refractivity contribution is -0.140. The average Bonchev–Trinajstić information content (AvgIpc) is 3.11. The number of carbonyl (C=O) groups is 2. The Kier molecular flexibility index (Phi) is 8.54. The first-order valence-electron chi connectivity index (χ1n) is 11.2. The van der Waals surface area contributed by atoms with Gasteiger partial charge in [0.15, 0.2) is 0 Å². The van der Waals surface area contributed by atoms with Crippen LogP contribution < -0.4 is 14.2 Å². The summed E-state index contributed by atoms with van der Waals surface area (Å²) >= 11 is 0. The predicted molar refractivity (Wildman–Crippen MR) is 127 cm³/mol. The molecule has 2 aromatic rings. The number of aliphatic hydroxyl groups is 1. The van der Waals surface area contributed by atoms with Crippen molar-refractivity contribution in [3.05, 3.63) is 59.2 Å². The van der Waals surface area contributed by atoms with E-state index >= 15 is 0 Å². The second-order valence-electron chi connectivity index (χ2n) is 7.80. The number of ketones is 1. The minimum Gasteiger partial charge on any atom is -0.506 e. The Hall–Kier alpha value is -3.52. The summed E-state index contributed by atoms with van der Waals surface area (Å²) in [5.41, 5.74) is 0.837. The molecule has 0 radical (unpaired) electrons. The number of hydrogen-bond donors (Lipinski definition) is 1. The number of amides is 1. The fraction of sp³-hybridized carbons (Fsp3) is 0.385. The molecule has 1 fully saturated rings. The van der Waals surface area contributed by atoms with Gasteiger partial charge in [-0.1, -0.05) is 25.1 Å². The van der Waals surface area contributed by atoms with E-state index in [0.717, 1.165) is 6.42 Å². The Balaban J connectivity index is 2.20. The first-order chi connectivity index (χ1) is 16.5. The number of benzene rings is 2. The van der Waals surface area contributed by atoms with E-state index in [0.29, 0.717) is 42.4 Å². The molecule has 1 atom stereocenters. The van der Waals surface area contributed by atoms with Gasteiger partial charge in [-0.3, -0.25) is 9.59 Å². The zero-order valence-corrected chi connectivity index (χ0v) is 20.0.